The van der Waals surface area contributed by atoms with Crippen molar-refractivity contribution < 1.29 is 9.53 Å². The average molecular weight is 378 g/mol. The third kappa shape index (κ3) is 4.32. The molecule has 0 aromatic carbocycles. The quantitative estimate of drug-likeness (QED) is 0.549. The minimum Gasteiger partial charge on any atom is -0.444 e. The third-order valence-electron chi connectivity index (χ3n) is 8.30. The number of amides is 1. The van der Waals surface area contributed by atoms with Crippen molar-refractivity contribution in [3.05, 3.63) is 0 Å². The second-order valence-corrected chi connectivity index (χ2v) is 11.5. The van der Waals surface area contributed by atoms with Crippen molar-refractivity contribution in [1.82, 2.24) is 4.90 Å². The Labute approximate surface area is 167 Å². The number of ether oxygens (including phenoxy) is 1. The molecule has 0 spiro atoms. The summed E-state index contributed by atoms with van der Waals surface area (Å²) in [5.41, 5.74) is 0.0942. The van der Waals surface area contributed by atoms with E-state index < -0.39 is 5.60 Å². The summed E-state index contributed by atoms with van der Waals surface area (Å²) in [4.78, 5) is 14.8. The fourth-order valence-corrected chi connectivity index (χ4v) is 6.47. The van der Waals surface area contributed by atoms with Crippen molar-refractivity contribution in [1.29, 1.82) is 0 Å². The third-order valence-corrected chi connectivity index (χ3v) is 8.30. The Hall–Kier alpha value is -0.730. The Morgan fingerprint density at radius 2 is 1.85 bits per heavy atom. The van der Waals surface area contributed by atoms with Crippen LogP contribution in [0.3, 0.4) is 0 Å². The molecule has 3 heteroatoms. The van der Waals surface area contributed by atoms with Gasteiger partial charge in [-0.05, 0) is 101 Å². The number of rotatable bonds is 2. The van der Waals surface area contributed by atoms with Gasteiger partial charge in [-0.1, -0.05) is 27.7 Å². The zero-order valence-electron chi connectivity index (χ0n) is 18.9. The molecule has 27 heavy (non-hydrogen) atoms. The van der Waals surface area contributed by atoms with Crippen molar-refractivity contribution in [2.45, 2.75) is 105 Å². The highest BCUT2D eigenvalue weighted by Gasteiger charge is 2.51. The normalized spacial score (nSPS) is 40.1. The molecule has 2 saturated carbocycles. The lowest BCUT2D eigenvalue weighted by atomic mass is 9.50. The standard InChI is InChI=1S/C24H43NO2/c1-16(2)18-10-11-20-14-19(13-17(3)24(20,7)15-18)21-9-8-12-25(21)22(26)27-23(4,5)6/h16-21H,8-15H2,1-7H3/t17-,18-,19+,20+,21+,24+/m1/s1. The molecule has 0 N–H and O–H groups in total. The Morgan fingerprint density at radius 3 is 2.48 bits per heavy atom. The van der Waals surface area contributed by atoms with Crippen molar-refractivity contribution in [2.24, 2.45) is 35.0 Å². The minimum absolute atomic E-state index is 0.0884. The van der Waals surface area contributed by atoms with Crippen LogP contribution >= 0.6 is 0 Å². The molecule has 6 atom stereocenters. The van der Waals surface area contributed by atoms with E-state index in [0.717, 1.165) is 43.1 Å². The summed E-state index contributed by atoms with van der Waals surface area (Å²) in [6.07, 6.45) is 8.99. The van der Waals surface area contributed by atoms with E-state index in [2.05, 4.69) is 32.6 Å². The van der Waals surface area contributed by atoms with E-state index in [4.69, 9.17) is 4.74 Å². The summed E-state index contributed by atoms with van der Waals surface area (Å²) in [6.45, 7) is 16.7. The summed E-state index contributed by atoms with van der Waals surface area (Å²) < 4.78 is 5.72. The zero-order valence-corrected chi connectivity index (χ0v) is 18.9. The van der Waals surface area contributed by atoms with Gasteiger partial charge in [0.05, 0.1) is 0 Å². The van der Waals surface area contributed by atoms with Crippen LogP contribution < -0.4 is 0 Å². The maximum Gasteiger partial charge on any atom is 0.410 e. The fraction of sp³-hybridized carbons (Fsp3) is 0.958. The number of carbonyl (C=O) groups excluding carboxylic acids is 1. The van der Waals surface area contributed by atoms with Crippen LogP contribution in [0, 0.1) is 35.0 Å². The molecule has 1 saturated heterocycles. The van der Waals surface area contributed by atoms with Gasteiger partial charge in [-0.15, -0.1) is 0 Å². The van der Waals surface area contributed by atoms with Gasteiger partial charge in [0, 0.05) is 12.6 Å². The fourth-order valence-electron chi connectivity index (χ4n) is 6.47. The molecule has 0 unspecified atom stereocenters. The van der Waals surface area contributed by atoms with Gasteiger partial charge in [0.1, 0.15) is 5.60 Å². The van der Waals surface area contributed by atoms with Crippen molar-refractivity contribution in [3.8, 4) is 0 Å². The van der Waals surface area contributed by atoms with Crippen molar-refractivity contribution >= 4 is 6.09 Å². The molecule has 0 aromatic heterocycles. The molecule has 1 aliphatic heterocycles. The number of hydrogen-bond donors (Lipinski definition) is 0. The summed E-state index contributed by atoms with van der Waals surface area (Å²) in [6, 6.07) is 0.398. The second kappa shape index (κ2) is 7.59. The van der Waals surface area contributed by atoms with Gasteiger partial charge in [-0.3, -0.25) is 0 Å². The number of carbonyl (C=O) groups is 1. The largest absolute Gasteiger partial charge is 0.444 e. The first-order valence-corrected chi connectivity index (χ1v) is 11.5. The van der Waals surface area contributed by atoms with Gasteiger partial charge in [0.15, 0.2) is 0 Å². The Kier molecular flexibility index (Phi) is 5.90. The van der Waals surface area contributed by atoms with Gasteiger partial charge >= 0.3 is 6.09 Å². The summed E-state index contributed by atoms with van der Waals surface area (Å²) in [7, 11) is 0. The molecule has 3 rings (SSSR count). The van der Waals surface area contributed by atoms with Crippen molar-refractivity contribution in [2.75, 3.05) is 6.54 Å². The molecule has 0 radical (unpaired) electrons. The maximum absolute atomic E-state index is 12.8. The van der Waals surface area contributed by atoms with Crippen LogP contribution in [0.25, 0.3) is 0 Å². The molecule has 0 bridgehead atoms. The molecule has 3 fully saturated rings. The molecule has 2 aliphatic carbocycles. The van der Waals surface area contributed by atoms with E-state index in [9.17, 15) is 4.79 Å². The molecule has 3 aliphatic rings. The lowest BCUT2D eigenvalue weighted by Gasteiger charge is -2.55. The van der Waals surface area contributed by atoms with E-state index >= 15 is 0 Å². The summed E-state index contributed by atoms with van der Waals surface area (Å²) in [5, 5.41) is 0. The second-order valence-electron chi connectivity index (χ2n) is 11.5. The highest BCUT2D eigenvalue weighted by Crippen LogP contribution is 2.58. The lowest BCUT2D eigenvalue weighted by molar-refractivity contribution is -0.0586. The van der Waals surface area contributed by atoms with Crippen LogP contribution in [0.2, 0.25) is 0 Å². The molecule has 156 valence electrons. The summed E-state index contributed by atoms with van der Waals surface area (Å²) >= 11 is 0. The van der Waals surface area contributed by atoms with Crippen LogP contribution in [-0.4, -0.2) is 29.2 Å². The van der Waals surface area contributed by atoms with Crippen LogP contribution in [-0.2, 0) is 4.74 Å². The van der Waals surface area contributed by atoms with E-state index in [1.165, 1.54) is 32.1 Å². The zero-order chi connectivity index (χ0) is 20.0. The molecule has 0 aromatic rings. The Balaban J connectivity index is 1.70. The first-order chi connectivity index (χ1) is 12.5. The molecule has 1 heterocycles. The first-order valence-electron chi connectivity index (χ1n) is 11.5. The highest BCUT2D eigenvalue weighted by molar-refractivity contribution is 5.69. The Morgan fingerprint density at radius 1 is 1.15 bits per heavy atom. The van der Waals surface area contributed by atoms with Gasteiger partial charge in [-0.2, -0.15) is 0 Å². The van der Waals surface area contributed by atoms with E-state index in [1.807, 2.05) is 20.8 Å². The SMILES string of the molecule is CC(C)[C@@H]1CC[C@H]2C[C@@H]([C@@H]3CCCN3C(=O)OC(C)(C)C)C[C@@H](C)[C@]2(C)C1. The van der Waals surface area contributed by atoms with Crippen LogP contribution in [0.15, 0.2) is 0 Å². The summed E-state index contributed by atoms with van der Waals surface area (Å²) in [5.74, 6) is 3.95. The molecule has 1 amide bonds. The first kappa shape index (κ1) is 21.0. The number of likely N-dealkylation sites (tertiary alicyclic amines) is 1. The predicted octanol–water partition coefficient (Wildman–Crippen LogP) is 6.51. The molecular formula is C24H43NO2. The van der Waals surface area contributed by atoms with E-state index in [1.54, 1.807) is 0 Å². The van der Waals surface area contributed by atoms with Crippen LogP contribution in [0.4, 0.5) is 4.79 Å². The van der Waals surface area contributed by atoms with E-state index in [0.29, 0.717) is 17.4 Å². The number of nitrogens with zero attached hydrogens (tertiary/aromatic N) is 1. The number of fused-ring (bicyclic) bond motifs is 1. The minimum atomic E-state index is -0.405. The van der Waals surface area contributed by atoms with Gasteiger partial charge in [0.25, 0.3) is 0 Å². The average Bonchev–Trinajstić information content (AvgIpc) is 3.03. The maximum atomic E-state index is 12.8. The van der Waals surface area contributed by atoms with Gasteiger partial charge in [0.2, 0.25) is 0 Å². The van der Waals surface area contributed by atoms with Gasteiger partial charge in [-0.25, -0.2) is 4.79 Å². The highest BCUT2D eigenvalue weighted by atomic mass is 16.6. The molecule has 3 nitrogen and oxygen atoms in total. The smallest absolute Gasteiger partial charge is 0.410 e. The van der Waals surface area contributed by atoms with Crippen LogP contribution in [0.1, 0.15) is 93.4 Å². The van der Waals surface area contributed by atoms with Crippen molar-refractivity contribution in [3.63, 3.8) is 0 Å². The van der Waals surface area contributed by atoms with Crippen LogP contribution in [0.5, 0.6) is 0 Å². The molecular weight excluding hydrogens is 334 g/mol. The van der Waals surface area contributed by atoms with Gasteiger partial charge < -0.3 is 9.64 Å². The van der Waals surface area contributed by atoms with E-state index in [-0.39, 0.29) is 6.09 Å². The predicted molar refractivity (Wildman–Crippen MR) is 112 cm³/mol. The Bertz CT molecular complexity index is 537. The lowest BCUT2D eigenvalue weighted by Crippen LogP contribution is -2.50. The topological polar surface area (TPSA) is 29.5 Å². The monoisotopic (exact) mass is 377 g/mol. The number of hydrogen-bond acceptors (Lipinski definition) is 2.